The zero-order chi connectivity index (χ0) is 7.49. The van der Waals surface area contributed by atoms with Crippen molar-refractivity contribution in [3.63, 3.8) is 0 Å². The number of alkyl halides is 2. The fraction of sp³-hybridized carbons (Fsp3) is 1.00. The monoisotopic (exact) mass is 158 g/mol. The summed E-state index contributed by atoms with van der Waals surface area (Å²) in [6, 6.07) is 0. The van der Waals surface area contributed by atoms with Crippen LogP contribution in [0.4, 0.5) is 8.78 Å². The molecule has 0 aliphatic carbocycles. The van der Waals surface area contributed by atoms with Crippen molar-refractivity contribution in [3.8, 4) is 0 Å². The third kappa shape index (κ3) is 2.74. The van der Waals surface area contributed by atoms with Gasteiger partial charge in [-0.2, -0.15) is 0 Å². The molecule has 56 valence electrons. The van der Waals surface area contributed by atoms with E-state index in [-0.39, 0.29) is 0 Å². The predicted octanol–water partition coefficient (Wildman–Crippen LogP) is 0.339. The normalized spacial score (nSPS) is 12.4. The highest BCUT2D eigenvalue weighted by molar-refractivity contribution is 7.91. The van der Waals surface area contributed by atoms with E-state index in [9.17, 15) is 17.2 Å². The summed E-state index contributed by atoms with van der Waals surface area (Å²) in [5.41, 5.74) is 0. The number of hydrogen-bond donors (Lipinski definition) is 0. The SMILES string of the molecule is CS(=O)(=O)C(CF)CF. The lowest BCUT2D eigenvalue weighted by molar-refractivity contribution is 0.395. The van der Waals surface area contributed by atoms with Gasteiger partial charge < -0.3 is 0 Å². The van der Waals surface area contributed by atoms with Gasteiger partial charge in [0.25, 0.3) is 0 Å². The molecule has 0 atom stereocenters. The number of halogens is 2. The Morgan fingerprint density at radius 1 is 1.33 bits per heavy atom. The first-order chi connectivity index (χ1) is 4.02. The Hall–Kier alpha value is -0.190. The average Bonchev–Trinajstić information content (AvgIpc) is 1.65. The van der Waals surface area contributed by atoms with Crippen LogP contribution in [0.2, 0.25) is 0 Å². The first kappa shape index (κ1) is 8.81. The molecule has 0 aromatic rings. The van der Waals surface area contributed by atoms with Crippen LogP contribution >= 0.6 is 0 Å². The highest BCUT2D eigenvalue weighted by Gasteiger charge is 2.19. The van der Waals surface area contributed by atoms with Crippen LogP contribution in [0, 0.1) is 0 Å². The molecular formula is C4H8F2O2S. The van der Waals surface area contributed by atoms with Gasteiger partial charge in [-0.1, -0.05) is 0 Å². The Bertz CT molecular complexity index is 159. The summed E-state index contributed by atoms with van der Waals surface area (Å²) in [6.07, 6.45) is 0.816. The molecule has 5 heteroatoms. The largest absolute Gasteiger partial charge is 0.250 e. The molecule has 0 aliphatic rings. The summed E-state index contributed by atoms with van der Waals surface area (Å²) in [5, 5.41) is -1.46. The van der Waals surface area contributed by atoms with Gasteiger partial charge in [0.2, 0.25) is 0 Å². The van der Waals surface area contributed by atoms with Crippen LogP contribution in [-0.2, 0) is 9.84 Å². The number of hydrogen-bond acceptors (Lipinski definition) is 2. The fourth-order valence-corrected chi connectivity index (χ4v) is 0.728. The summed E-state index contributed by atoms with van der Waals surface area (Å²) in [5.74, 6) is 0. The molecule has 0 saturated carbocycles. The molecule has 9 heavy (non-hydrogen) atoms. The van der Waals surface area contributed by atoms with Gasteiger partial charge in [0.05, 0.1) is 0 Å². The Balaban J connectivity index is 4.14. The average molecular weight is 158 g/mol. The van der Waals surface area contributed by atoms with E-state index in [1.165, 1.54) is 0 Å². The highest BCUT2D eigenvalue weighted by atomic mass is 32.2. The van der Waals surface area contributed by atoms with Crippen LogP contribution in [0.3, 0.4) is 0 Å². The molecule has 0 bridgehead atoms. The quantitative estimate of drug-likeness (QED) is 0.593. The van der Waals surface area contributed by atoms with E-state index >= 15 is 0 Å². The van der Waals surface area contributed by atoms with E-state index in [0.717, 1.165) is 6.26 Å². The van der Waals surface area contributed by atoms with Crippen LogP contribution in [0.25, 0.3) is 0 Å². The van der Waals surface area contributed by atoms with Gasteiger partial charge in [0.15, 0.2) is 9.84 Å². The third-order valence-corrected chi connectivity index (χ3v) is 2.41. The second-order valence-electron chi connectivity index (χ2n) is 1.76. The Morgan fingerprint density at radius 3 is 1.67 bits per heavy atom. The molecule has 0 aromatic heterocycles. The molecule has 0 rings (SSSR count). The molecule has 0 unspecified atom stereocenters. The van der Waals surface area contributed by atoms with E-state index in [0.29, 0.717) is 0 Å². The topological polar surface area (TPSA) is 34.1 Å². The first-order valence-electron chi connectivity index (χ1n) is 2.33. The van der Waals surface area contributed by atoms with Crippen molar-refractivity contribution in [1.82, 2.24) is 0 Å². The summed E-state index contributed by atoms with van der Waals surface area (Å²) in [7, 11) is -3.52. The van der Waals surface area contributed by atoms with Crippen molar-refractivity contribution in [1.29, 1.82) is 0 Å². The van der Waals surface area contributed by atoms with E-state index < -0.39 is 28.4 Å². The van der Waals surface area contributed by atoms with Crippen molar-refractivity contribution in [2.45, 2.75) is 5.25 Å². The molecule has 0 spiro atoms. The van der Waals surface area contributed by atoms with Gasteiger partial charge in [-0.3, -0.25) is 0 Å². The first-order valence-corrected chi connectivity index (χ1v) is 4.28. The molecular weight excluding hydrogens is 150 g/mol. The summed E-state index contributed by atoms with van der Waals surface area (Å²) < 4.78 is 43.7. The smallest absolute Gasteiger partial charge is 0.155 e. The zero-order valence-corrected chi connectivity index (χ0v) is 5.79. The van der Waals surface area contributed by atoms with Crippen molar-refractivity contribution >= 4 is 9.84 Å². The highest BCUT2D eigenvalue weighted by Crippen LogP contribution is 1.99. The number of rotatable bonds is 3. The molecule has 0 heterocycles. The molecule has 0 aromatic carbocycles. The van der Waals surface area contributed by atoms with E-state index in [1.54, 1.807) is 0 Å². The second kappa shape index (κ2) is 3.10. The minimum Gasteiger partial charge on any atom is -0.250 e. The summed E-state index contributed by atoms with van der Waals surface area (Å²) >= 11 is 0. The van der Waals surface area contributed by atoms with Gasteiger partial charge >= 0.3 is 0 Å². The van der Waals surface area contributed by atoms with Gasteiger partial charge in [0, 0.05) is 6.26 Å². The molecule has 2 nitrogen and oxygen atoms in total. The van der Waals surface area contributed by atoms with Gasteiger partial charge in [-0.25, -0.2) is 17.2 Å². The van der Waals surface area contributed by atoms with E-state index in [4.69, 9.17) is 0 Å². The molecule has 0 saturated heterocycles. The van der Waals surface area contributed by atoms with E-state index in [2.05, 4.69) is 0 Å². The maximum Gasteiger partial charge on any atom is 0.155 e. The van der Waals surface area contributed by atoms with E-state index in [1.807, 2.05) is 0 Å². The van der Waals surface area contributed by atoms with Crippen LogP contribution in [0.1, 0.15) is 0 Å². The van der Waals surface area contributed by atoms with Crippen molar-refractivity contribution < 1.29 is 17.2 Å². The minimum atomic E-state index is -3.52. The maximum atomic E-state index is 11.5. The van der Waals surface area contributed by atoms with Crippen LogP contribution in [-0.4, -0.2) is 33.3 Å². The lowest BCUT2D eigenvalue weighted by Gasteiger charge is -2.03. The van der Waals surface area contributed by atoms with Crippen molar-refractivity contribution in [3.05, 3.63) is 0 Å². The van der Waals surface area contributed by atoms with Crippen molar-refractivity contribution in [2.75, 3.05) is 19.6 Å². The van der Waals surface area contributed by atoms with Crippen LogP contribution < -0.4 is 0 Å². The minimum absolute atomic E-state index is 0.816. The van der Waals surface area contributed by atoms with Gasteiger partial charge in [-0.05, 0) is 0 Å². The van der Waals surface area contributed by atoms with Gasteiger partial charge in [0.1, 0.15) is 18.6 Å². The maximum absolute atomic E-state index is 11.5. The van der Waals surface area contributed by atoms with Crippen molar-refractivity contribution in [2.24, 2.45) is 0 Å². The lowest BCUT2D eigenvalue weighted by Crippen LogP contribution is -2.23. The zero-order valence-electron chi connectivity index (χ0n) is 4.97. The predicted molar refractivity (Wildman–Crippen MR) is 30.6 cm³/mol. The fourth-order valence-electron chi connectivity index (χ4n) is 0.270. The summed E-state index contributed by atoms with van der Waals surface area (Å²) in [6.45, 7) is -2.29. The molecule has 0 aliphatic heterocycles. The molecule has 0 N–H and O–H groups in total. The van der Waals surface area contributed by atoms with Crippen LogP contribution in [0.15, 0.2) is 0 Å². The Labute approximate surface area is 52.8 Å². The second-order valence-corrected chi connectivity index (χ2v) is 4.09. The number of sulfone groups is 1. The standard InChI is InChI=1S/C4H8F2O2S/c1-9(7,8)4(2-5)3-6/h4H,2-3H2,1H3. The molecule has 0 radical (unpaired) electrons. The lowest BCUT2D eigenvalue weighted by atomic mass is 10.5. The summed E-state index contributed by atoms with van der Waals surface area (Å²) in [4.78, 5) is 0. The Kier molecular flexibility index (Phi) is 3.03. The Morgan fingerprint density at radius 2 is 1.67 bits per heavy atom. The van der Waals surface area contributed by atoms with Crippen LogP contribution in [0.5, 0.6) is 0 Å². The third-order valence-electron chi connectivity index (χ3n) is 0.950. The van der Waals surface area contributed by atoms with Gasteiger partial charge in [-0.15, -0.1) is 0 Å². The molecule has 0 amide bonds. The molecule has 0 fully saturated rings.